The molecule has 1 amide bonds. The zero-order chi connectivity index (χ0) is 14.4. The molecular weight excluding hydrogens is 257 g/mol. The van der Waals surface area contributed by atoms with Crippen molar-refractivity contribution in [1.29, 1.82) is 0 Å². The van der Waals surface area contributed by atoms with E-state index in [0.29, 0.717) is 12.5 Å². The molecule has 0 aromatic heterocycles. The minimum Gasteiger partial charge on any atom is -0.322 e. The molecule has 0 heterocycles. The molecule has 106 valence electrons. The predicted molar refractivity (Wildman–Crippen MR) is 67.3 cm³/mol. The molecule has 0 saturated carbocycles. The van der Waals surface area contributed by atoms with Gasteiger partial charge in [0.25, 0.3) is 0 Å². The van der Waals surface area contributed by atoms with Gasteiger partial charge in [0.2, 0.25) is 5.91 Å². The molecule has 1 rings (SSSR count). The Morgan fingerprint density at radius 3 is 2.53 bits per heavy atom. The summed E-state index contributed by atoms with van der Waals surface area (Å²) in [6.07, 6.45) is 0.910. The summed E-state index contributed by atoms with van der Waals surface area (Å²) in [6, 6.07) is 1.75. The van der Waals surface area contributed by atoms with Crippen LogP contribution in [0.4, 0.5) is 18.9 Å². The number of anilines is 1. The van der Waals surface area contributed by atoms with Crippen LogP contribution in [0, 0.1) is 23.4 Å². The highest BCUT2D eigenvalue weighted by molar-refractivity contribution is 5.92. The molecule has 6 heteroatoms. The first kappa shape index (κ1) is 15.5. The highest BCUT2D eigenvalue weighted by Gasteiger charge is 2.14. The second kappa shape index (κ2) is 7.13. The summed E-state index contributed by atoms with van der Waals surface area (Å²) >= 11 is 0. The molecule has 1 aromatic rings. The van der Waals surface area contributed by atoms with Gasteiger partial charge in [-0.3, -0.25) is 4.79 Å². The summed E-state index contributed by atoms with van der Waals surface area (Å²) in [5.74, 6) is -4.26. The summed E-state index contributed by atoms with van der Waals surface area (Å²) in [6.45, 7) is 4.76. The van der Waals surface area contributed by atoms with Crippen molar-refractivity contribution in [3.63, 3.8) is 0 Å². The van der Waals surface area contributed by atoms with Crippen molar-refractivity contribution < 1.29 is 18.0 Å². The van der Waals surface area contributed by atoms with Gasteiger partial charge in [-0.1, -0.05) is 13.8 Å². The van der Waals surface area contributed by atoms with Crippen molar-refractivity contribution in [3.05, 3.63) is 29.6 Å². The number of hydrogen-bond donors (Lipinski definition) is 2. The molecule has 0 fully saturated rings. The minimum absolute atomic E-state index is 0.00877. The number of benzene rings is 1. The van der Waals surface area contributed by atoms with Crippen LogP contribution in [0.2, 0.25) is 0 Å². The molecule has 0 radical (unpaired) electrons. The van der Waals surface area contributed by atoms with Crippen molar-refractivity contribution in [2.45, 2.75) is 20.3 Å². The van der Waals surface area contributed by atoms with Gasteiger partial charge in [0.05, 0.1) is 12.2 Å². The number of rotatable bonds is 6. The maximum atomic E-state index is 13.3. The van der Waals surface area contributed by atoms with Gasteiger partial charge in [0, 0.05) is 0 Å². The van der Waals surface area contributed by atoms with E-state index in [9.17, 15) is 18.0 Å². The zero-order valence-electron chi connectivity index (χ0n) is 10.9. The van der Waals surface area contributed by atoms with Crippen LogP contribution in [-0.4, -0.2) is 19.0 Å². The van der Waals surface area contributed by atoms with E-state index in [0.717, 1.165) is 18.6 Å². The van der Waals surface area contributed by atoms with Gasteiger partial charge in [-0.15, -0.1) is 0 Å². The minimum atomic E-state index is -1.59. The number of hydrogen-bond acceptors (Lipinski definition) is 2. The number of carbonyl (C=O) groups excluding carboxylic acids is 1. The van der Waals surface area contributed by atoms with Crippen molar-refractivity contribution in [2.75, 3.05) is 18.4 Å². The molecule has 0 unspecified atom stereocenters. The van der Waals surface area contributed by atoms with E-state index >= 15 is 0 Å². The van der Waals surface area contributed by atoms with Gasteiger partial charge < -0.3 is 10.6 Å². The molecule has 0 saturated heterocycles. The Bertz CT molecular complexity index is 450. The number of amides is 1. The highest BCUT2D eigenvalue weighted by atomic mass is 19.2. The summed E-state index contributed by atoms with van der Waals surface area (Å²) < 4.78 is 38.9. The molecule has 0 bridgehead atoms. The average Bonchev–Trinajstić information content (AvgIpc) is 2.35. The Morgan fingerprint density at radius 2 is 1.89 bits per heavy atom. The van der Waals surface area contributed by atoms with Crippen LogP contribution in [0.1, 0.15) is 20.3 Å². The Morgan fingerprint density at radius 1 is 1.21 bits per heavy atom. The molecule has 1 aromatic carbocycles. The predicted octanol–water partition coefficient (Wildman–Crippen LogP) is 2.68. The lowest BCUT2D eigenvalue weighted by atomic mass is 10.1. The fourth-order valence-electron chi connectivity index (χ4n) is 1.41. The molecule has 0 aliphatic heterocycles. The number of nitrogens with one attached hydrogen (secondary N) is 2. The first-order chi connectivity index (χ1) is 8.91. The maximum Gasteiger partial charge on any atom is 0.238 e. The largest absolute Gasteiger partial charge is 0.322 e. The lowest BCUT2D eigenvalue weighted by Crippen LogP contribution is -2.29. The van der Waals surface area contributed by atoms with Gasteiger partial charge in [-0.05, 0) is 31.0 Å². The van der Waals surface area contributed by atoms with Crippen molar-refractivity contribution >= 4 is 11.6 Å². The van der Waals surface area contributed by atoms with Crippen LogP contribution in [0.15, 0.2) is 12.1 Å². The standard InChI is InChI=1S/C13H17F3N2O/c1-8(2)5-6-17-7-11(19)18-10-4-3-9(14)12(15)13(10)16/h3-4,8,17H,5-7H2,1-2H3,(H,18,19). The van der Waals surface area contributed by atoms with E-state index in [2.05, 4.69) is 24.5 Å². The summed E-state index contributed by atoms with van der Waals surface area (Å²) in [4.78, 5) is 11.4. The molecule has 0 aliphatic rings. The third-order valence-corrected chi connectivity index (χ3v) is 2.49. The van der Waals surface area contributed by atoms with E-state index in [1.54, 1.807) is 0 Å². The number of halogens is 3. The SMILES string of the molecule is CC(C)CCNCC(=O)Nc1ccc(F)c(F)c1F. The van der Waals surface area contributed by atoms with Gasteiger partial charge in [0.15, 0.2) is 17.5 Å². The fraction of sp³-hybridized carbons (Fsp3) is 0.462. The molecule has 0 spiro atoms. The molecule has 3 nitrogen and oxygen atoms in total. The summed E-state index contributed by atoms with van der Waals surface area (Å²) in [5.41, 5.74) is -0.366. The van der Waals surface area contributed by atoms with Crippen LogP contribution < -0.4 is 10.6 Å². The third-order valence-electron chi connectivity index (χ3n) is 2.49. The highest BCUT2D eigenvalue weighted by Crippen LogP contribution is 2.19. The fourth-order valence-corrected chi connectivity index (χ4v) is 1.41. The Kier molecular flexibility index (Phi) is 5.82. The second-order valence-corrected chi connectivity index (χ2v) is 4.63. The lowest BCUT2D eigenvalue weighted by molar-refractivity contribution is -0.115. The quantitative estimate of drug-likeness (QED) is 0.618. The van der Waals surface area contributed by atoms with Gasteiger partial charge in [0.1, 0.15) is 0 Å². The molecule has 0 atom stereocenters. The Balaban J connectivity index is 2.47. The van der Waals surface area contributed by atoms with Crippen molar-refractivity contribution in [2.24, 2.45) is 5.92 Å². The maximum absolute atomic E-state index is 13.3. The average molecular weight is 274 g/mol. The van der Waals surface area contributed by atoms with Crippen LogP contribution in [0.25, 0.3) is 0 Å². The molecule has 19 heavy (non-hydrogen) atoms. The van der Waals surface area contributed by atoms with Crippen LogP contribution in [0.3, 0.4) is 0 Å². The third kappa shape index (κ3) is 4.90. The Labute approximate surface area is 110 Å². The monoisotopic (exact) mass is 274 g/mol. The molecule has 2 N–H and O–H groups in total. The van der Waals surface area contributed by atoms with E-state index in [1.807, 2.05) is 0 Å². The van der Waals surface area contributed by atoms with Gasteiger partial charge in [-0.25, -0.2) is 13.2 Å². The number of carbonyl (C=O) groups is 1. The van der Waals surface area contributed by atoms with E-state index < -0.39 is 23.4 Å². The van der Waals surface area contributed by atoms with Crippen LogP contribution in [-0.2, 0) is 4.79 Å². The Hall–Kier alpha value is -1.56. The lowest BCUT2D eigenvalue weighted by Gasteiger charge is -2.09. The van der Waals surface area contributed by atoms with Gasteiger partial charge in [-0.2, -0.15) is 0 Å². The van der Waals surface area contributed by atoms with E-state index in [1.165, 1.54) is 0 Å². The first-order valence-corrected chi connectivity index (χ1v) is 6.06. The molecular formula is C13H17F3N2O. The smallest absolute Gasteiger partial charge is 0.238 e. The van der Waals surface area contributed by atoms with Crippen molar-refractivity contribution in [1.82, 2.24) is 5.32 Å². The zero-order valence-corrected chi connectivity index (χ0v) is 10.9. The normalized spacial score (nSPS) is 10.8. The topological polar surface area (TPSA) is 41.1 Å². The van der Waals surface area contributed by atoms with Crippen molar-refractivity contribution in [3.8, 4) is 0 Å². The summed E-state index contributed by atoms with van der Waals surface area (Å²) in [7, 11) is 0. The van der Waals surface area contributed by atoms with Gasteiger partial charge >= 0.3 is 0 Å². The second-order valence-electron chi connectivity index (χ2n) is 4.63. The summed E-state index contributed by atoms with van der Waals surface area (Å²) in [5, 5.41) is 5.06. The van der Waals surface area contributed by atoms with E-state index in [4.69, 9.17) is 0 Å². The first-order valence-electron chi connectivity index (χ1n) is 6.06. The van der Waals surface area contributed by atoms with Crippen LogP contribution >= 0.6 is 0 Å². The molecule has 0 aliphatic carbocycles. The van der Waals surface area contributed by atoms with Crippen LogP contribution in [0.5, 0.6) is 0 Å². The van der Waals surface area contributed by atoms with E-state index in [-0.39, 0.29) is 12.2 Å².